The number of benzene rings is 1. The first kappa shape index (κ1) is 14.3. The highest BCUT2D eigenvalue weighted by Gasteiger charge is 2.29. The summed E-state index contributed by atoms with van der Waals surface area (Å²) in [5.74, 6) is -2.45. The first-order valence-corrected chi connectivity index (χ1v) is 7.01. The van der Waals surface area contributed by atoms with Gasteiger partial charge in [0, 0.05) is 11.4 Å². The van der Waals surface area contributed by atoms with Crippen molar-refractivity contribution in [3.05, 3.63) is 24.3 Å². The number of nitrogens with one attached hydrogen (secondary N) is 2. The van der Waals surface area contributed by atoms with Crippen LogP contribution in [-0.4, -0.2) is 24.8 Å². The molecule has 3 nitrogen and oxygen atoms in total. The number of alkyl halides is 2. The Kier molecular flexibility index (Phi) is 4.76. The van der Waals surface area contributed by atoms with Gasteiger partial charge in [-0.25, -0.2) is 0 Å². The molecule has 2 atom stereocenters. The second kappa shape index (κ2) is 6.34. The van der Waals surface area contributed by atoms with Gasteiger partial charge in [0.2, 0.25) is 5.91 Å². The number of carbonyl (C=O) groups is 1. The maximum Gasteiger partial charge on any atom is 0.288 e. The number of hydrogen-bond donors (Lipinski definition) is 2. The van der Waals surface area contributed by atoms with E-state index in [9.17, 15) is 13.6 Å². The summed E-state index contributed by atoms with van der Waals surface area (Å²) < 4.78 is 24.9. The van der Waals surface area contributed by atoms with Crippen LogP contribution in [-0.2, 0) is 4.79 Å². The van der Waals surface area contributed by atoms with Crippen molar-refractivity contribution in [3.63, 3.8) is 0 Å². The van der Waals surface area contributed by atoms with E-state index in [0.717, 1.165) is 6.54 Å². The van der Waals surface area contributed by atoms with E-state index in [1.165, 1.54) is 0 Å². The van der Waals surface area contributed by atoms with Gasteiger partial charge in [-0.05, 0) is 24.6 Å². The van der Waals surface area contributed by atoms with Crippen molar-refractivity contribution in [1.82, 2.24) is 5.32 Å². The topological polar surface area (TPSA) is 41.1 Å². The molecule has 2 N–H and O–H groups in total. The summed E-state index contributed by atoms with van der Waals surface area (Å²) in [5.41, 5.74) is 0.455. The predicted molar refractivity (Wildman–Crippen MR) is 72.5 cm³/mol. The van der Waals surface area contributed by atoms with Gasteiger partial charge in [0.15, 0.2) is 0 Å². The molecule has 1 aliphatic rings. The van der Waals surface area contributed by atoms with Crippen LogP contribution in [0.15, 0.2) is 29.2 Å². The van der Waals surface area contributed by atoms with Gasteiger partial charge in [0.05, 0.1) is 11.6 Å². The van der Waals surface area contributed by atoms with Crippen molar-refractivity contribution in [1.29, 1.82) is 0 Å². The van der Waals surface area contributed by atoms with Crippen LogP contribution in [0.4, 0.5) is 14.5 Å². The molecule has 2 rings (SSSR count). The average molecular weight is 286 g/mol. The highest BCUT2D eigenvalue weighted by atomic mass is 32.2. The van der Waals surface area contributed by atoms with Crippen LogP contribution in [0.2, 0.25) is 0 Å². The van der Waals surface area contributed by atoms with E-state index in [1.54, 1.807) is 24.3 Å². The molecule has 0 radical (unpaired) electrons. The maximum absolute atomic E-state index is 12.4. The standard InChI is InChI=1S/C13H16F2N2OS/c1-8-6-16-7-9(8)12(18)17-10-4-2-3-5-11(10)19-13(14)15/h2-5,8-9,13,16H,6-7H2,1H3,(H,17,18)/t8-,9-/m1/s1. The van der Waals surface area contributed by atoms with Gasteiger partial charge in [-0.2, -0.15) is 8.78 Å². The normalized spacial score (nSPS) is 22.7. The lowest BCUT2D eigenvalue weighted by Gasteiger charge is -2.16. The molecule has 1 aromatic carbocycles. The molecular weight excluding hydrogens is 270 g/mol. The smallest absolute Gasteiger partial charge is 0.288 e. The number of hydrogen-bond acceptors (Lipinski definition) is 3. The summed E-state index contributed by atoms with van der Waals surface area (Å²) >= 11 is 0.447. The lowest BCUT2D eigenvalue weighted by molar-refractivity contribution is -0.120. The van der Waals surface area contributed by atoms with Gasteiger partial charge >= 0.3 is 0 Å². The Hall–Kier alpha value is -1.14. The molecule has 6 heteroatoms. The van der Waals surface area contributed by atoms with Crippen LogP contribution in [0.5, 0.6) is 0 Å². The van der Waals surface area contributed by atoms with Crippen LogP contribution in [0.3, 0.4) is 0 Å². The Morgan fingerprint density at radius 3 is 2.79 bits per heavy atom. The molecule has 0 aliphatic carbocycles. The number of rotatable bonds is 4. The van der Waals surface area contributed by atoms with Gasteiger partial charge in [0.1, 0.15) is 0 Å². The van der Waals surface area contributed by atoms with Crippen molar-refractivity contribution in [2.24, 2.45) is 11.8 Å². The van der Waals surface area contributed by atoms with Crippen LogP contribution in [0.25, 0.3) is 0 Å². The molecule has 0 aromatic heterocycles. The number of carbonyl (C=O) groups excluding carboxylic acids is 1. The highest BCUT2D eigenvalue weighted by Crippen LogP contribution is 2.32. The number of anilines is 1. The van der Waals surface area contributed by atoms with Gasteiger partial charge in [-0.15, -0.1) is 0 Å². The molecule has 1 fully saturated rings. The van der Waals surface area contributed by atoms with Gasteiger partial charge in [0.25, 0.3) is 5.76 Å². The maximum atomic E-state index is 12.4. The Labute approximate surface area is 115 Å². The van der Waals surface area contributed by atoms with Crippen molar-refractivity contribution in [2.75, 3.05) is 18.4 Å². The third-order valence-corrected chi connectivity index (χ3v) is 4.00. The number of para-hydroxylation sites is 1. The van der Waals surface area contributed by atoms with E-state index < -0.39 is 5.76 Å². The zero-order valence-electron chi connectivity index (χ0n) is 10.5. The predicted octanol–water partition coefficient (Wildman–Crippen LogP) is 2.80. The fourth-order valence-electron chi connectivity index (χ4n) is 2.16. The van der Waals surface area contributed by atoms with Crippen molar-refractivity contribution in [3.8, 4) is 0 Å². The molecule has 1 aromatic rings. The number of amides is 1. The Morgan fingerprint density at radius 2 is 2.16 bits per heavy atom. The third-order valence-electron chi connectivity index (χ3n) is 3.22. The zero-order chi connectivity index (χ0) is 13.8. The minimum atomic E-state index is -2.50. The summed E-state index contributed by atoms with van der Waals surface area (Å²) in [7, 11) is 0. The van der Waals surface area contributed by atoms with Gasteiger partial charge < -0.3 is 10.6 Å². The van der Waals surface area contributed by atoms with Crippen molar-refractivity contribution in [2.45, 2.75) is 17.6 Å². The lowest BCUT2D eigenvalue weighted by Crippen LogP contribution is -2.28. The molecule has 0 bridgehead atoms. The molecule has 19 heavy (non-hydrogen) atoms. The summed E-state index contributed by atoms with van der Waals surface area (Å²) in [6.07, 6.45) is 0. The molecule has 1 saturated heterocycles. The molecule has 0 saturated carbocycles. The summed E-state index contributed by atoms with van der Waals surface area (Å²) in [6, 6.07) is 6.64. The fraction of sp³-hybridized carbons (Fsp3) is 0.462. The summed E-state index contributed by atoms with van der Waals surface area (Å²) in [6.45, 7) is 3.45. The van der Waals surface area contributed by atoms with E-state index >= 15 is 0 Å². The molecule has 1 amide bonds. The molecule has 0 spiro atoms. The zero-order valence-corrected chi connectivity index (χ0v) is 11.3. The average Bonchev–Trinajstić information content (AvgIpc) is 2.77. The largest absolute Gasteiger partial charge is 0.325 e. The quantitative estimate of drug-likeness (QED) is 0.836. The molecular formula is C13H16F2N2OS. The van der Waals surface area contributed by atoms with Crippen molar-refractivity contribution >= 4 is 23.4 Å². The lowest BCUT2D eigenvalue weighted by atomic mass is 9.97. The Morgan fingerprint density at radius 1 is 1.42 bits per heavy atom. The van der Waals surface area contributed by atoms with E-state index in [0.29, 0.717) is 28.9 Å². The number of halogens is 2. The van der Waals surface area contributed by atoms with Crippen LogP contribution in [0, 0.1) is 11.8 Å². The highest BCUT2D eigenvalue weighted by molar-refractivity contribution is 7.99. The van der Waals surface area contributed by atoms with Gasteiger partial charge in [-0.1, -0.05) is 30.8 Å². The van der Waals surface area contributed by atoms with Crippen LogP contribution in [0.1, 0.15) is 6.92 Å². The third kappa shape index (κ3) is 3.67. The summed E-state index contributed by atoms with van der Waals surface area (Å²) in [4.78, 5) is 12.5. The Balaban J connectivity index is 2.08. The fourth-order valence-corrected chi connectivity index (χ4v) is 2.75. The first-order valence-electron chi connectivity index (χ1n) is 6.13. The molecule has 1 aliphatic heterocycles. The monoisotopic (exact) mass is 286 g/mol. The second-order valence-electron chi connectivity index (χ2n) is 4.61. The number of thioether (sulfide) groups is 1. The van der Waals surface area contributed by atoms with Crippen LogP contribution < -0.4 is 10.6 Å². The Bertz CT molecular complexity index is 456. The second-order valence-corrected chi connectivity index (χ2v) is 5.64. The van der Waals surface area contributed by atoms with Crippen LogP contribution >= 0.6 is 11.8 Å². The molecule has 1 heterocycles. The van der Waals surface area contributed by atoms with E-state index in [-0.39, 0.29) is 17.7 Å². The first-order chi connectivity index (χ1) is 9.08. The minimum absolute atomic E-state index is 0.107. The minimum Gasteiger partial charge on any atom is -0.325 e. The molecule has 0 unspecified atom stereocenters. The SMILES string of the molecule is C[C@@H]1CNC[C@H]1C(=O)Nc1ccccc1SC(F)F. The molecule has 104 valence electrons. The van der Waals surface area contributed by atoms with E-state index in [1.807, 2.05) is 6.92 Å². The van der Waals surface area contributed by atoms with E-state index in [2.05, 4.69) is 10.6 Å². The van der Waals surface area contributed by atoms with E-state index in [4.69, 9.17) is 0 Å². The summed E-state index contributed by atoms with van der Waals surface area (Å²) in [5, 5.41) is 5.90. The van der Waals surface area contributed by atoms with Crippen molar-refractivity contribution < 1.29 is 13.6 Å². The van der Waals surface area contributed by atoms with Gasteiger partial charge in [-0.3, -0.25) is 4.79 Å².